The maximum Gasteiger partial charge on any atom is 0.330 e. The van der Waals surface area contributed by atoms with E-state index in [1.165, 1.54) is 0 Å². The average Bonchev–Trinajstić information content (AvgIpc) is 2.91. The number of carbonyl (C=O) groups is 2. The van der Waals surface area contributed by atoms with E-state index in [2.05, 4.69) is 5.32 Å². The topological polar surface area (TPSA) is 66.4 Å². The van der Waals surface area contributed by atoms with Crippen LogP contribution in [0.15, 0.2) is 29.2 Å². The van der Waals surface area contributed by atoms with Gasteiger partial charge < -0.3 is 10.4 Å². The summed E-state index contributed by atoms with van der Waals surface area (Å²) < 4.78 is 0. The smallest absolute Gasteiger partial charge is 0.330 e. The van der Waals surface area contributed by atoms with Crippen molar-refractivity contribution >= 4 is 47.0 Å². The molecule has 7 heteroatoms. The molecule has 2 rings (SSSR count). The molecular weight excluding hydrogens is 330 g/mol. The summed E-state index contributed by atoms with van der Waals surface area (Å²) in [5.74, 6) is 0.674. The Morgan fingerprint density at radius 2 is 2.10 bits per heavy atom. The third-order valence-electron chi connectivity index (χ3n) is 3.22. The second kappa shape index (κ2) is 7.42. The van der Waals surface area contributed by atoms with Crippen molar-refractivity contribution in [3.8, 4) is 0 Å². The molecule has 2 N–H and O–H groups in total. The average molecular weight is 346 g/mol. The van der Waals surface area contributed by atoms with E-state index in [4.69, 9.17) is 11.6 Å². The van der Waals surface area contributed by atoms with E-state index < -0.39 is 11.5 Å². The Morgan fingerprint density at radius 1 is 1.38 bits per heavy atom. The van der Waals surface area contributed by atoms with Crippen LogP contribution in [0, 0.1) is 0 Å². The van der Waals surface area contributed by atoms with Crippen molar-refractivity contribution in [2.75, 3.05) is 17.3 Å². The van der Waals surface area contributed by atoms with Crippen LogP contribution in [-0.4, -0.2) is 39.8 Å². The number of rotatable bonds is 6. The molecule has 1 amide bonds. The number of carboxylic acids is 1. The number of thioether (sulfide) groups is 2. The molecule has 1 aliphatic rings. The van der Waals surface area contributed by atoms with Gasteiger partial charge in [0.25, 0.3) is 0 Å². The SMILES string of the molecule is O=C(CCSc1ccc(Cl)cc1)NC1(C(=O)O)CCSC1. The molecule has 1 fully saturated rings. The monoisotopic (exact) mass is 345 g/mol. The van der Waals surface area contributed by atoms with Crippen molar-refractivity contribution in [2.45, 2.75) is 23.3 Å². The van der Waals surface area contributed by atoms with Gasteiger partial charge in [0.05, 0.1) is 0 Å². The van der Waals surface area contributed by atoms with E-state index in [-0.39, 0.29) is 5.91 Å². The molecule has 1 aromatic carbocycles. The zero-order valence-corrected chi connectivity index (χ0v) is 13.7. The van der Waals surface area contributed by atoms with Crippen LogP contribution in [0.25, 0.3) is 0 Å². The van der Waals surface area contributed by atoms with Crippen molar-refractivity contribution in [3.63, 3.8) is 0 Å². The van der Waals surface area contributed by atoms with E-state index in [0.717, 1.165) is 10.6 Å². The quantitative estimate of drug-likeness (QED) is 0.776. The first-order valence-electron chi connectivity index (χ1n) is 6.52. The van der Waals surface area contributed by atoms with Crippen LogP contribution < -0.4 is 5.32 Å². The highest BCUT2D eigenvalue weighted by Crippen LogP contribution is 2.28. The van der Waals surface area contributed by atoms with Gasteiger partial charge in [0, 0.05) is 27.8 Å². The lowest BCUT2D eigenvalue weighted by molar-refractivity contribution is -0.146. The molecule has 1 aliphatic heterocycles. The van der Waals surface area contributed by atoms with Crippen LogP contribution in [0.2, 0.25) is 5.02 Å². The molecule has 0 aliphatic carbocycles. The van der Waals surface area contributed by atoms with E-state index in [0.29, 0.717) is 29.4 Å². The van der Waals surface area contributed by atoms with Crippen LogP contribution in [0.1, 0.15) is 12.8 Å². The number of carboxylic acid groups (broad SMARTS) is 1. The summed E-state index contributed by atoms with van der Waals surface area (Å²) in [5.41, 5.74) is -1.08. The molecule has 0 aromatic heterocycles. The van der Waals surface area contributed by atoms with Gasteiger partial charge in [-0.05, 0) is 36.4 Å². The fourth-order valence-electron chi connectivity index (χ4n) is 2.01. The normalized spacial score (nSPS) is 21.2. The molecule has 0 radical (unpaired) electrons. The second-order valence-electron chi connectivity index (χ2n) is 4.79. The van der Waals surface area contributed by atoms with Gasteiger partial charge in [0.1, 0.15) is 5.54 Å². The summed E-state index contributed by atoms with van der Waals surface area (Å²) >= 11 is 8.92. The summed E-state index contributed by atoms with van der Waals surface area (Å²) in [6.07, 6.45) is 0.788. The van der Waals surface area contributed by atoms with Gasteiger partial charge >= 0.3 is 5.97 Å². The molecule has 0 bridgehead atoms. The van der Waals surface area contributed by atoms with Gasteiger partial charge in [-0.2, -0.15) is 11.8 Å². The number of hydrogen-bond donors (Lipinski definition) is 2. The van der Waals surface area contributed by atoms with Crippen molar-refractivity contribution in [2.24, 2.45) is 0 Å². The number of amides is 1. The third-order valence-corrected chi connectivity index (χ3v) is 5.68. The highest BCUT2D eigenvalue weighted by Gasteiger charge is 2.43. The Kier molecular flexibility index (Phi) is 5.84. The molecule has 1 aromatic rings. The van der Waals surface area contributed by atoms with E-state index in [1.54, 1.807) is 35.7 Å². The number of aliphatic carboxylic acids is 1. The number of halogens is 1. The lowest BCUT2D eigenvalue weighted by atomic mass is 9.99. The molecule has 1 heterocycles. The molecule has 1 unspecified atom stereocenters. The van der Waals surface area contributed by atoms with Crippen LogP contribution in [-0.2, 0) is 9.59 Å². The van der Waals surface area contributed by atoms with Gasteiger partial charge in [-0.1, -0.05) is 11.6 Å². The van der Waals surface area contributed by atoms with Crippen molar-refractivity contribution in [1.29, 1.82) is 0 Å². The Balaban J connectivity index is 1.79. The first-order chi connectivity index (χ1) is 10.0. The third kappa shape index (κ3) is 4.56. The predicted octanol–water partition coefficient (Wildman–Crippen LogP) is 2.90. The van der Waals surface area contributed by atoms with Crippen LogP contribution in [0.4, 0.5) is 0 Å². The van der Waals surface area contributed by atoms with Gasteiger partial charge in [0.15, 0.2) is 0 Å². The molecule has 21 heavy (non-hydrogen) atoms. The summed E-state index contributed by atoms with van der Waals surface area (Å²) in [6.45, 7) is 0. The number of carbonyl (C=O) groups excluding carboxylic acids is 1. The largest absolute Gasteiger partial charge is 0.479 e. The molecule has 0 spiro atoms. The Morgan fingerprint density at radius 3 is 2.67 bits per heavy atom. The summed E-state index contributed by atoms with van der Waals surface area (Å²) in [4.78, 5) is 24.3. The minimum atomic E-state index is -1.08. The predicted molar refractivity (Wildman–Crippen MR) is 87.2 cm³/mol. The highest BCUT2D eigenvalue weighted by atomic mass is 35.5. The van der Waals surface area contributed by atoms with Crippen molar-refractivity contribution in [1.82, 2.24) is 5.32 Å². The standard InChI is InChI=1S/C14H16ClNO3S2/c15-10-1-3-11(4-2-10)21-7-5-12(17)16-14(13(18)19)6-8-20-9-14/h1-4H,5-9H2,(H,16,17)(H,18,19). The Bertz CT molecular complexity index is 515. The molecule has 0 saturated carbocycles. The fourth-order valence-corrected chi connectivity index (χ4v) is 4.31. The van der Waals surface area contributed by atoms with E-state index in [9.17, 15) is 14.7 Å². The highest BCUT2D eigenvalue weighted by molar-refractivity contribution is 7.99. The minimum absolute atomic E-state index is 0.207. The van der Waals surface area contributed by atoms with Gasteiger partial charge in [-0.25, -0.2) is 4.79 Å². The van der Waals surface area contributed by atoms with Crippen molar-refractivity contribution < 1.29 is 14.7 Å². The minimum Gasteiger partial charge on any atom is -0.479 e. The van der Waals surface area contributed by atoms with Crippen LogP contribution in [0.3, 0.4) is 0 Å². The lowest BCUT2D eigenvalue weighted by Crippen LogP contribution is -2.54. The fraction of sp³-hybridized carbons (Fsp3) is 0.429. The second-order valence-corrected chi connectivity index (χ2v) is 7.50. The Hall–Kier alpha value is -0.850. The molecule has 114 valence electrons. The molecular formula is C14H16ClNO3S2. The number of hydrogen-bond acceptors (Lipinski definition) is 4. The summed E-state index contributed by atoms with van der Waals surface area (Å²) in [5, 5.41) is 12.7. The van der Waals surface area contributed by atoms with Crippen LogP contribution in [0.5, 0.6) is 0 Å². The first-order valence-corrected chi connectivity index (χ1v) is 9.04. The van der Waals surface area contributed by atoms with E-state index in [1.807, 2.05) is 12.1 Å². The maximum atomic E-state index is 11.9. The summed E-state index contributed by atoms with van der Waals surface area (Å²) in [7, 11) is 0. The van der Waals surface area contributed by atoms with Crippen molar-refractivity contribution in [3.05, 3.63) is 29.3 Å². The van der Waals surface area contributed by atoms with Gasteiger partial charge in [-0.15, -0.1) is 11.8 Å². The maximum absolute atomic E-state index is 11.9. The molecule has 4 nitrogen and oxygen atoms in total. The van der Waals surface area contributed by atoms with E-state index >= 15 is 0 Å². The first kappa shape index (κ1) is 16.5. The zero-order valence-electron chi connectivity index (χ0n) is 11.3. The lowest BCUT2D eigenvalue weighted by Gasteiger charge is -2.24. The Labute approximate surface area is 137 Å². The zero-order chi connectivity index (χ0) is 15.3. The molecule has 1 atom stereocenters. The van der Waals surface area contributed by atoms with Gasteiger partial charge in [0.2, 0.25) is 5.91 Å². The molecule has 1 saturated heterocycles. The summed E-state index contributed by atoms with van der Waals surface area (Å²) in [6, 6.07) is 7.41. The van der Waals surface area contributed by atoms with Crippen LogP contribution >= 0.6 is 35.1 Å². The van der Waals surface area contributed by atoms with Gasteiger partial charge in [-0.3, -0.25) is 4.79 Å². The number of benzene rings is 1. The number of nitrogens with one attached hydrogen (secondary N) is 1.